The van der Waals surface area contributed by atoms with E-state index in [1.54, 1.807) is 66.7 Å². The number of rotatable bonds is 5. The van der Waals surface area contributed by atoms with Gasteiger partial charge in [0.25, 0.3) is 11.8 Å². The van der Waals surface area contributed by atoms with Gasteiger partial charge in [0.15, 0.2) is 0 Å². The van der Waals surface area contributed by atoms with E-state index in [1.807, 2.05) is 6.07 Å². The molecule has 5 nitrogen and oxygen atoms in total. The number of carbonyl (C=O) groups excluding carboxylic acids is 2. The van der Waals surface area contributed by atoms with Crippen molar-refractivity contribution >= 4 is 23.7 Å². The highest BCUT2D eigenvalue weighted by Gasteiger charge is 2.07. The lowest BCUT2D eigenvalue weighted by Gasteiger charge is -2.06. The van der Waals surface area contributed by atoms with Crippen LogP contribution < -0.4 is 10.7 Å². The largest absolute Gasteiger partial charge is 0.322 e. The summed E-state index contributed by atoms with van der Waals surface area (Å²) in [6, 6.07) is 21.3. The summed E-state index contributed by atoms with van der Waals surface area (Å²) in [6.45, 7) is 0. The second-order valence-corrected chi connectivity index (χ2v) is 5.62. The van der Waals surface area contributed by atoms with E-state index in [9.17, 15) is 14.0 Å². The molecule has 0 atom stereocenters. The van der Waals surface area contributed by atoms with Crippen molar-refractivity contribution in [2.24, 2.45) is 5.10 Å². The summed E-state index contributed by atoms with van der Waals surface area (Å²) < 4.78 is 13.5. The molecule has 0 aliphatic carbocycles. The topological polar surface area (TPSA) is 70.6 Å². The molecule has 0 unspecified atom stereocenters. The third kappa shape index (κ3) is 4.85. The van der Waals surface area contributed by atoms with E-state index < -0.39 is 11.7 Å². The molecule has 3 aromatic carbocycles. The molecular weight excluding hydrogens is 345 g/mol. The van der Waals surface area contributed by atoms with Gasteiger partial charge in [-0.3, -0.25) is 9.59 Å². The molecule has 0 aromatic heterocycles. The quantitative estimate of drug-likeness (QED) is 0.535. The standard InChI is InChI=1S/C21H16FN3O2/c22-19-9-5-4-8-17(19)14-23-25-21(27)16-10-12-18(13-11-16)24-20(26)15-6-2-1-3-7-15/h1-14H,(H,24,26)(H,25,27). The molecule has 0 saturated heterocycles. The second-order valence-electron chi connectivity index (χ2n) is 5.62. The highest BCUT2D eigenvalue weighted by Crippen LogP contribution is 2.11. The summed E-state index contributed by atoms with van der Waals surface area (Å²) in [5.74, 6) is -1.10. The Bertz CT molecular complexity index is 970. The number of hydrogen-bond donors (Lipinski definition) is 2. The molecular formula is C21H16FN3O2. The fourth-order valence-corrected chi connectivity index (χ4v) is 2.30. The molecule has 0 aliphatic heterocycles. The van der Waals surface area contributed by atoms with Crippen LogP contribution in [0.5, 0.6) is 0 Å². The Hall–Kier alpha value is -3.80. The first-order chi connectivity index (χ1) is 13.1. The molecule has 0 aliphatic rings. The third-order valence-electron chi connectivity index (χ3n) is 3.72. The summed E-state index contributed by atoms with van der Waals surface area (Å²) in [5.41, 5.74) is 4.08. The minimum Gasteiger partial charge on any atom is -0.322 e. The summed E-state index contributed by atoms with van der Waals surface area (Å²) in [5, 5.41) is 6.51. The minimum atomic E-state index is -0.441. The first kappa shape index (κ1) is 18.0. The van der Waals surface area contributed by atoms with Crippen LogP contribution in [-0.4, -0.2) is 18.0 Å². The lowest BCUT2D eigenvalue weighted by molar-refractivity contribution is 0.0954. The van der Waals surface area contributed by atoms with E-state index in [0.29, 0.717) is 16.8 Å². The third-order valence-corrected chi connectivity index (χ3v) is 3.72. The molecule has 2 N–H and O–H groups in total. The predicted octanol–water partition coefficient (Wildman–Crippen LogP) is 3.84. The highest BCUT2D eigenvalue weighted by molar-refractivity contribution is 6.04. The van der Waals surface area contributed by atoms with Gasteiger partial charge < -0.3 is 5.32 Å². The van der Waals surface area contributed by atoms with Gasteiger partial charge in [-0.25, -0.2) is 9.82 Å². The van der Waals surface area contributed by atoms with Gasteiger partial charge in [-0.1, -0.05) is 36.4 Å². The number of nitrogens with zero attached hydrogens (tertiary/aromatic N) is 1. The van der Waals surface area contributed by atoms with Crippen LogP contribution in [0.15, 0.2) is 84.0 Å². The fourth-order valence-electron chi connectivity index (χ4n) is 2.30. The van der Waals surface area contributed by atoms with Crippen LogP contribution in [0.3, 0.4) is 0 Å². The van der Waals surface area contributed by atoms with Crippen LogP contribution in [-0.2, 0) is 0 Å². The molecule has 0 saturated carbocycles. The molecule has 3 aromatic rings. The zero-order valence-corrected chi connectivity index (χ0v) is 14.2. The zero-order chi connectivity index (χ0) is 19.1. The summed E-state index contributed by atoms with van der Waals surface area (Å²) in [7, 11) is 0. The van der Waals surface area contributed by atoms with Crippen molar-refractivity contribution < 1.29 is 14.0 Å². The van der Waals surface area contributed by atoms with Gasteiger partial charge in [0.05, 0.1) is 6.21 Å². The number of carbonyl (C=O) groups is 2. The Balaban J connectivity index is 1.59. The summed E-state index contributed by atoms with van der Waals surface area (Å²) >= 11 is 0. The maximum Gasteiger partial charge on any atom is 0.271 e. The summed E-state index contributed by atoms with van der Waals surface area (Å²) in [4.78, 5) is 24.2. The van der Waals surface area contributed by atoms with Crippen molar-refractivity contribution in [3.63, 3.8) is 0 Å². The number of halogens is 1. The van der Waals surface area contributed by atoms with Crippen molar-refractivity contribution in [1.29, 1.82) is 0 Å². The molecule has 0 spiro atoms. The van der Waals surface area contributed by atoms with Gasteiger partial charge in [0, 0.05) is 22.4 Å². The molecule has 0 fully saturated rings. The average Bonchev–Trinajstić information content (AvgIpc) is 2.70. The van der Waals surface area contributed by atoms with Crippen LogP contribution in [0, 0.1) is 5.82 Å². The molecule has 0 bridgehead atoms. The number of anilines is 1. The van der Waals surface area contributed by atoms with Crippen molar-refractivity contribution in [2.45, 2.75) is 0 Å². The first-order valence-electron chi connectivity index (χ1n) is 8.18. The van der Waals surface area contributed by atoms with Crippen molar-refractivity contribution in [3.8, 4) is 0 Å². The number of benzene rings is 3. The van der Waals surface area contributed by atoms with Crippen LogP contribution in [0.4, 0.5) is 10.1 Å². The minimum absolute atomic E-state index is 0.234. The van der Waals surface area contributed by atoms with Crippen LogP contribution in [0.2, 0.25) is 0 Å². The van der Waals surface area contributed by atoms with Crippen molar-refractivity contribution in [1.82, 2.24) is 5.43 Å². The monoisotopic (exact) mass is 361 g/mol. The Labute approximate surface area is 155 Å². The smallest absolute Gasteiger partial charge is 0.271 e. The Morgan fingerprint density at radius 1 is 0.778 bits per heavy atom. The molecule has 3 rings (SSSR count). The van der Waals surface area contributed by atoms with E-state index >= 15 is 0 Å². The SMILES string of the molecule is O=C(NN=Cc1ccccc1F)c1ccc(NC(=O)c2ccccc2)cc1. The number of hydrogen-bond acceptors (Lipinski definition) is 3. The fraction of sp³-hybridized carbons (Fsp3) is 0. The van der Waals surface area contributed by atoms with Gasteiger partial charge in [-0.2, -0.15) is 5.10 Å². The van der Waals surface area contributed by atoms with Gasteiger partial charge in [0.2, 0.25) is 0 Å². The first-order valence-corrected chi connectivity index (χ1v) is 8.18. The number of nitrogens with one attached hydrogen (secondary N) is 2. The van der Waals surface area contributed by atoms with Crippen LogP contribution in [0.1, 0.15) is 26.3 Å². The van der Waals surface area contributed by atoms with E-state index in [1.165, 1.54) is 12.3 Å². The lowest BCUT2D eigenvalue weighted by Crippen LogP contribution is -2.18. The summed E-state index contributed by atoms with van der Waals surface area (Å²) in [6.07, 6.45) is 1.24. The second kappa shape index (κ2) is 8.53. The molecule has 6 heteroatoms. The van der Waals surface area contributed by atoms with Gasteiger partial charge >= 0.3 is 0 Å². The zero-order valence-electron chi connectivity index (χ0n) is 14.2. The average molecular weight is 361 g/mol. The van der Waals surface area contributed by atoms with Gasteiger partial charge in [-0.05, 0) is 42.5 Å². The number of amides is 2. The van der Waals surface area contributed by atoms with Gasteiger partial charge in [0.1, 0.15) is 5.82 Å². The normalized spacial score (nSPS) is 10.6. The molecule has 27 heavy (non-hydrogen) atoms. The van der Waals surface area contributed by atoms with Crippen LogP contribution in [0.25, 0.3) is 0 Å². The van der Waals surface area contributed by atoms with Crippen molar-refractivity contribution in [3.05, 3.63) is 101 Å². The van der Waals surface area contributed by atoms with E-state index in [0.717, 1.165) is 0 Å². The lowest BCUT2D eigenvalue weighted by atomic mass is 10.1. The maximum absolute atomic E-state index is 13.5. The van der Waals surface area contributed by atoms with E-state index in [-0.39, 0.29) is 11.5 Å². The predicted molar refractivity (Wildman–Crippen MR) is 102 cm³/mol. The number of hydrazone groups is 1. The molecule has 0 radical (unpaired) electrons. The Kier molecular flexibility index (Phi) is 5.69. The maximum atomic E-state index is 13.5. The molecule has 0 heterocycles. The Morgan fingerprint density at radius 2 is 1.41 bits per heavy atom. The van der Waals surface area contributed by atoms with Gasteiger partial charge in [-0.15, -0.1) is 0 Å². The van der Waals surface area contributed by atoms with Crippen LogP contribution >= 0.6 is 0 Å². The van der Waals surface area contributed by atoms with E-state index in [2.05, 4.69) is 15.8 Å². The molecule has 2 amide bonds. The highest BCUT2D eigenvalue weighted by atomic mass is 19.1. The van der Waals surface area contributed by atoms with E-state index in [4.69, 9.17) is 0 Å². The van der Waals surface area contributed by atoms with Crippen molar-refractivity contribution in [2.75, 3.05) is 5.32 Å². The Morgan fingerprint density at radius 3 is 2.11 bits per heavy atom. The molecule has 134 valence electrons.